The number of carbonyl (C=O) groups excluding carboxylic acids is 1. The van der Waals surface area contributed by atoms with Crippen molar-refractivity contribution in [3.05, 3.63) is 41.7 Å². The summed E-state index contributed by atoms with van der Waals surface area (Å²) in [5.74, 6) is 1.36. The van der Waals surface area contributed by atoms with Crippen molar-refractivity contribution < 1.29 is 9.53 Å². The summed E-state index contributed by atoms with van der Waals surface area (Å²) < 4.78 is 7.69. The van der Waals surface area contributed by atoms with E-state index in [4.69, 9.17) is 4.74 Å². The molecule has 1 aliphatic rings. The van der Waals surface area contributed by atoms with Gasteiger partial charge in [-0.15, -0.1) is 10.2 Å². The van der Waals surface area contributed by atoms with Gasteiger partial charge in [0.05, 0.1) is 11.9 Å². The van der Waals surface area contributed by atoms with E-state index in [1.54, 1.807) is 0 Å². The molecule has 1 amide bonds. The zero-order valence-electron chi connectivity index (χ0n) is 15.9. The van der Waals surface area contributed by atoms with Gasteiger partial charge in [-0.05, 0) is 31.2 Å². The van der Waals surface area contributed by atoms with Crippen molar-refractivity contribution in [1.29, 1.82) is 0 Å². The monoisotopic (exact) mass is 388 g/mol. The van der Waals surface area contributed by atoms with Crippen LogP contribution >= 0.6 is 11.8 Å². The molecule has 0 bridgehead atoms. The summed E-state index contributed by atoms with van der Waals surface area (Å²) in [6, 6.07) is 10.4. The number of thioether (sulfide) groups is 1. The molecule has 0 saturated carbocycles. The van der Waals surface area contributed by atoms with Crippen LogP contribution in [0.25, 0.3) is 0 Å². The van der Waals surface area contributed by atoms with Crippen LogP contribution < -0.4 is 5.32 Å². The molecule has 7 heteroatoms. The SMILES string of the molecule is CCCn1c(CCc2ccccc2)nnc1SCC(=O)NC[C@H]1CCCO1. The molecule has 27 heavy (non-hydrogen) atoms. The Hall–Kier alpha value is -1.86. The molecular formula is C20H28N4O2S. The van der Waals surface area contributed by atoms with Gasteiger partial charge in [0.2, 0.25) is 5.91 Å². The van der Waals surface area contributed by atoms with Crippen molar-refractivity contribution in [2.24, 2.45) is 0 Å². The Labute approximate surface area is 165 Å². The summed E-state index contributed by atoms with van der Waals surface area (Å²) in [7, 11) is 0. The molecule has 3 rings (SSSR count). The molecule has 1 aliphatic heterocycles. The maximum Gasteiger partial charge on any atom is 0.230 e. The van der Waals surface area contributed by atoms with Crippen LogP contribution in [0.5, 0.6) is 0 Å². The number of hydrogen-bond acceptors (Lipinski definition) is 5. The van der Waals surface area contributed by atoms with Crippen molar-refractivity contribution >= 4 is 17.7 Å². The average molecular weight is 389 g/mol. The first-order chi connectivity index (χ1) is 13.3. The van der Waals surface area contributed by atoms with E-state index in [0.717, 1.165) is 56.2 Å². The number of hydrogen-bond donors (Lipinski definition) is 1. The average Bonchev–Trinajstić information content (AvgIpc) is 3.34. The molecule has 1 saturated heterocycles. The molecule has 2 heterocycles. The van der Waals surface area contributed by atoms with Gasteiger partial charge in [0.25, 0.3) is 0 Å². The number of rotatable bonds is 10. The number of benzene rings is 1. The minimum Gasteiger partial charge on any atom is -0.376 e. The molecule has 1 aromatic carbocycles. The van der Waals surface area contributed by atoms with Gasteiger partial charge in [0.15, 0.2) is 5.16 Å². The van der Waals surface area contributed by atoms with Crippen LogP contribution in [0.4, 0.5) is 0 Å². The van der Waals surface area contributed by atoms with Crippen molar-refractivity contribution in [3.8, 4) is 0 Å². The number of carbonyl (C=O) groups is 1. The second kappa shape index (κ2) is 10.5. The van der Waals surface area contributed by atoms with E-state index in [1.165, 1.54) is 17.3 Å². The predicted molar refractivity (Wildman–Crippen MR) is 107 cm³/mol. The zero-order valence-corrected chi connectivity index (χ0v) is 16.7. The third-order valence-corrected chi connectivity index (χ3v) is 5.57. The fourth-order valence-electron chi connectivity index (χ4n) is 3.17. The first kappa shape index (κ1) is 19.9. The standard InChI is InChI=1S/C20H28N4O2S/c1-2-12-24-18(11-10-16-7-4-3-5-8-16)22-23-20(24)27-15-19(25)21-14-17-9-6-13-26-17/h3-5,7-8,17H,2,6,9-15H2,1H3,(H,21,25)/t17-/m1/s1. The van der Waals surface area contributed by atoms with Gasteiger partial charge in [-0.2, -0.15) is 0 Å². The first-order valence-corrected chi connectivity index (χ1v) is 10.7. The quantitative estimate of drug-likeness (QED) is 0.634. The largest absolute Gasteiger partial charge is 0.376 e. The fourth-order valence-corrected chi connectivity index (χ4v) is 3.99. The van der Waals surface area contributed by atoms with E-state index in [1.807, 2.05) is 6.07 Å². The predicted octanol–water partition coefficient (Wildman–Crippen LogP) is 2.86. The van der Waals surface area contributed by atoms with Crippen LogP contribution in [0.15, 0.2) is 35.5 Å². The lowest BCUT2D eigenvalue weighted by Gasteiger charge is -2.11. The van der Waals surface area contributed by atoms with Gasteiger partial charge >= 0.3 is 0 Å². The molecule has 0 unspecified atom stereocenters. The molecule has 2 aromatic rings. The summed E-state index contributed by atoms with van der Waals surface area (Å²) in [4.78, 5) is 12.1. The molecular weight excluding hydrogens is 360 g/mol. The van der Waals surface area contributed by atoms with Crippen LogP contribution in [0.1, 0.15) is 37.6 Å². The zero-order chi connectivity index (χ0) is 18.9. The number of nitrogens with one attached hydrogen (secondary N) is 1. The third kappa shape index (κ3) is 6.07. The van der Waals surface area contributed by atoms with E-state index in [-0.39, 0.29) is 12.0 Å². The van der Waals surface area contributed by atoms with Gasteiger partial charge in [-0.25, -0.2) is 0 Å². The summed E-state index contributed by atoms with van der Waals surface area (Å²) in [6.07, 6.45) is 5.09. The summed E-state index contributed by atoms with van der Waals surface area (Å²) in [5, 5.41) is 12.5. The molecule has 0 spiro atoms. The van der Waals surface area contributed by atoms with Crippen LogP contribution in [-0.4, -0.2) is 45.7 Å². The molecule has 1 aromatic heterocycles. The molecule has 0 radical (unpaired) electrons. The molecule has 1 atom stereocenters. The van der Waals surface area contributed by atoms with Gasteiger partial charge in [-0.1, -0.05) is 49.0 Å². The van der Waals surface area contributed by atoms with Crippen LogP contribution in [0, 0.1) is 0 Å². The Morgan fingerprint density at radius 3 is 2.89 bits per heavy atom. The van der Waals surface area contributed by atoms with Crippen molar-refractivity contribution in [2.75, 3.05) is 18.9 Å². The minimum absolute atomic E-state index is 0.0207. The molecule has 146 valence electrons. The molecule has 0 aliphatic carbocycles. The van der Waals surface area contributed by atoms with E-state index >= 15 is 0 Å². The van der Waals surface area contributed by atoms with Gasteiger partial charge in [0, 0.05) is 26.1 Å². The summed E-state index contributed by atoms with van der Waals surface area (Å²) in [5.41, 5.74) is 1.30. The highest BCUT2D eigenvalue weighted by molar-refractivity contribution is 7.99. The first-order valence-electron chi connectivity index (χ1n) is 9.73. The number of ether oxygens (including phenoxy) is 1. The lowest BCUT2D eigenvalue weighted by Crippen LogP contribution is -2.32. The Bertz CT molecular complexity index is 714. The number of aryl methyl sites for hydroxylation is 2. The van der Waals surface area contributed by atoms with E-state index < -0.39 is 0 Å². The maximum absolute atomic E-state index is 12.1. The van der Waals surface area contributed by atoms with Crippen LogP contribution in [0.2, 0.25) is 0 Å². The van der Waals surface area contributed by atoms with Gasteiger partial charge < -0.3 is 14.6 Å². The topological polar surface area (TPSA) is 69.0 Å². The Kier molecular flexibility index (Phi) is 7.71. The number of nitrogens with zero attached hydrogens (tertiary/aromatic N) is 3. The van der Waals surface area contributed by atoms with E-state index in [0.29, 0.717) is 12.3 Å². The Balaban J connectivity index is 1.51. The highest BCUT2D eigenvalue weighted by Gasteiger charge is 2.17. The molecule has 1 fully saturated rings. The molecule has 6 nitrogen and oxygen atoms in total. The highest BCUT2D eigenvalue weighted by Crippen LogP contribution is 2.19. The van der Waals surface area contributed by atoms with Crippen molar-refractivity contribution in [1.82, 2.24) is 20.1 Å². The van der Waals surface area contributed by atoms with Crippen LogP contribution in [-0.2, 0) is 28.9 Å². The van der Waals surface area contributed by atoms with Crippen LogP contribution in [0.3, 0.4) is 0 Å². The number of amides is 1. The maximum atomic E-state index is 12.1. The Morgan fingerprint density at radius 2 is 2.15 bits per heavy atom. The second-order valence-corrected chi connectivity index (χ2v) is 7.71. The van der Waals surface area contributed by atoms with Crippen molar-refractivity contribution in [2.45, 2.75) is 56.8 Å². The number of aromatic nitrogens is 3. The smallest absolute Gasteiger partial charge is 0.230 e. The summed E-state index contributed by atoms with van der Waals surface area (Å²) >= 11 is 1.46. The lowest BCUT2D eigenvalue weighted by molar-refractivity contribution is -0.119. The van der Waals surface area contributed by atoms with Crippen molar-refractivity contribution in [3.63, 3.8) is 0 Å². The normalized spacial score (nSPS) is 16.6. The van der Waals surface area contributed by atoms with E-state index in [2.05, 4.69) is 51.3 Å². The fraction of sp³-hybridized carbons (Fsp3) is 0.550. The Morgan fingerprint density at radius 1 is 1.30 bits per heavy atom. The lowest BCUT2D eigenvalue weighted by atomic mass is 10.1. The summed E-state index contributed by atoms with van der Waals surface area (Å²) in [6.45, 7) is 4.42. The molecule has 1 N–H and O–H groups in total. The van der Waals surface area contributed by atoms with Gasteiger partial charge in [0.1, 0.15) is 5.82 Å². The third-order valence-electron chi connectivity index (χ3n) is 4.60. The van der Waals surface area contributed by atoms with Gasteiger partial charge in [-0.3, -0.25) is 4.79 Å². The minimum atomic E-state index is 0.0207. The van der Waals surface area contributed by atoms with E-state index in [9.17, 15) is 4.79 Å². The highest BCUT2D eigenvalue weighted by atomic mass is 32.2. The second-order valence-electron chi connectivity index (χ2n) is 6.76.